The van der Waals surface area contributed by atoms with Crippen LogP contribution in [0.25, 0.3) is 0 Å². The lowest BCUT2D eigenvalue weighted by molar-refractivity contribution is 1.45. The molecule has 0 aromatic heterocycles. The Hall–Kier alpha value is -1.99. The third kappa shape index (κ3) is 2.77. The van der Waals surface area contributed by atoms with Crippen LogP contribution < -0.4 is 11.1 Å². The monoisotopic (exact) mass is 287 g/mol. The maximum Gasteiger partial charge on any atom is 0.101 e. The van der Waals surface area contributed by atoms with Gasteiger partial charge in [0.1, 0.15) is 6.07 Å². The molecule has 0 spiro atoms. The SMILES string of the molecule is N#Cc1ccc(Br)cc1Nc1cccc(N)c1. The van der Waals surface area contributed by atoms with Gasteiger partial charge < -0.3 is 11.1 Å². The van der Waals surface area contributed by atoms with Gasteiger partial charge in [0.25, 0.3) is 0 Å². The first-order valence-electron chi connectivity index (χ1n) is 5.01. The molecule has 0 unspecified atom stereocenters. The Morgan fingerprint density at radius 2 is 2.00 bits per heavy atom. The highest BCUT2D eigenvalue weighted by molar-refractivity contribution is 9.10. The fraction of sp³-hybridized carbons (Fsp3) is 0. The largest absolute Gasteiger partial charge is 0.399 e. The molecular weight excluding hydrogens is 278 g/mol. The van der Waals surface area contributed by atoms with Crippen molar-refractivity contribution in [3.05, 3.63) is 52.5 Å². The smallest absolute Gasteiger partial charge is 0.101 e. The fourth-order valence-electron chi connectivity index (χ4n) is 1.49. The molecule has 2 aromatic carbocycles. The third-order valence-electron chi connectivity index (χ3n) is 2.27. The van der Waals surface area contributed by atoms with Crippen LogP contribution in [-0.2, 0) is 0 Å². The van der Waals surface area contributed by atoms with Crippen LogP contribution >= 0.6 is 15.9 Å². The molecule has 0 fully saturated rings. The average molecular weight is 288 g/mol. The molecule has 0 atom stereocenters. The van der Waals surface area contributed by atoms with Crippen LogP contribution in [0, 0.1) is 11.3 Å². The molecule has 0 radical (unpaired) electrons. The Labute approximate surface area is 108 Å². The van der Waals surface area contributed by atoms with Crippen molar-refractivity contribution in [3.63, 3.8) is 0 Å². The molecule has 0 amide bonds. The summed E-state index contributed by atoms with van der Waals surface area (Å²) in [4.78, 5) is 0. The summed E-state index contributed by atoms with van der Waals surface area (Å²) in [5, 5.41) is 12.2. The second-order valence-corrected chi connectivity index (χ2v) is 4.47. The van der Waals surface area contributed by atoms with Gasteiger partial charge in [0.05, 0.1) is 11.3 Å². The van der Waals surface area contributed by atoms with E-state index in [1.165, 1.54) is 0 Å². The minimum absolute atomic E-state index is 0.593. The molecule has 0 bridgehead atoms. The number of halogens is 1. The maximum absolute atomic E-state index is 9.01. The number of hydrogen-bond acceptors (Lipinski definition) is 3. The van der Waals surface area contributed by atoms with E-state index in [1.54, 1.807) is 6.07 Å². The lowest BCUT2D eigenvalue weighted by atomic mass is 10.2. The van der Waals surface area contributed by atoms with Crippen molar-refractivity contribution < 1.29 is 0 Å². The first kappa shape index (κ1) is 11.5. The number of nitriles is 1. The summed E-state index contributed by atoms with van der Waals surface area (Å²) in [6.07, 6.45) is 0. The molecule has 0 aliphatic heterocycles. The summed E-state index contributed by atoms with van der Waals surface area (Å²) in [5.41, 5.74) is 8.59. The highest BCUT2D eigenvalue weighted by Gasteiger charge is 2.03. The molecule has 0 saturated heterocycles. The normalized spacial score (nSPS) is 9.65. The van der Waals surface area contributed by atoms with Crippen molar-refractivity contribution in [2.45, 2.75) is 0 Å². The number of anilines is 3. The molecule has 2 rings (SSSR count). The molecule has 0 aliphatic carbocycles. The summed E-state index contributed by atoms with van der Waals surface area (Å²) in [6.45, 7) is 0. The Bertz CT molecular complexity index is 587. The van der Waals surface area contributed by atoms with E-state index in [4.69, 9.17) is 11.0 Å². The molecule has 3 nitrogen and oxygen atoms in total. The lowest BCUT2D eigenvalue weighted by Gasteiger charge is -2.09. The van der Waals surface area contributed by atoms with Gasteiger partial charge in [0.2, 0.25) is 0 Å². The van der Waals surface area contributed by atoms with E-state index in [0.717, 1.165) is 15.8 Å². The molecule has 17 heavy (non-hydrogen) atoms. The summed E-state index contributed by atoms with van der Waals surface area (Å²) >= 11 is 3.38. The number of nitrogens with one attached hydrogen (secondary N) is 1. The van der Waals surface area contributed by atoms with Crippen molar-refractivity contribution in [2.24, 2.45) is 0 Å². The molecule has 84 valence electrons. The van der Waals surface area contributed by atoms with E-state index >= 15 is 0 Å². The van der Waals surface area contributed by atoms with Gasteiger partial charge in [-0.05, 0) is 36.4 Å². The Balaban J connectivity index is 2.36. The highest BCUT2D eigenvalue weighted by Crippen LogP contribution is 2.25. The van der Waals surface area contributed by atoms with Crippen molar-refractivity contribution in [3.8, 4) is 6.07 Å². The number of nitrogens with zero attached hydrogens (tertiary/aromatic N) is 1. The summed E-state index contributed by atoms with van der Waals surface area (Å²) in [7, 11) is 0. The van der Waals surface area contributed by atoms with Crippen molar-refractivity contribution in [1.29, 1.82) is 5.26 Å². The summed E-state index contributed by atoms with van der Waals surface area (Å²) < 4.78 is 0.919. The Morgan fingerprint density at radius 3 is 2.71 bits per heavy atom. The van der Waals surface area contributed by atoms with Gasteiger partial charge in [-0.1, -0.05) is 22.0 Å². The fourth-order valence-corrected chi connectivity index (χ4v) is 1.85. The lowest BCUT2D eigenvalue weighted by Crippen LogP contribution is -1.94. The van der Waals surface area contributed by atoms with Crippen LogP contribution in [0.2, 0.25) is 0 Å². The zero-order valence-electron chi connectivity index (χ0n) is 8.94. The van der Waals surface area contributed by atoms with Gasteiger partial charge in [-0.25, -0.2) is 0 Å². The van der Waals surface area contributed by atoms with Gasteiger partial charge in [-0.3, -0.25) is 0 Å². The van der Waals surface area contributed by atoms with E-state index in [2.05, 4.69) is 27.3 Å². The first-order chi connectivity index (χ1) is 8.19. The van der Waals surface area contributed by atoms with Crippen LogP contribution in [0.1, 0.15) is 5.56 Å². The van der Waals surface area contributed by atoms with E-state index in [1.807, 2.05) is 36.4 Å². The van der Waals surface area contributed by atoms with Crippen molar-refractivity contribution in [2.75, 3.05) is 11.1 Å². The Morgan fingerprint density at radius 1 is 1.18 bits per heavy atom. The zero-order valence-corrected chi connectivity index (χ0v) is 10.5. The molecule has 4 heteroatoms. The van der Waals surface area contributed by atoms with Crippen molar-refractivity contribution in [1.82, 2.24) is 0 Å². The minimum atomic E-state index is 0.593. The predicted octanol–water partition coefficient (Wildman–Crippen LogP) is 3.65. The van der Waals surface area contributed by atoms with Crippen LogP contribution in [0.3, 0.4) is 0 Å². The van der Waals surface area contributed by atoms with Gasteiger partial charge in [0, 0.05) is 15.8 Å². The molecule has 0 heterocycles. The van der Waals surface area contributed by atoms with E-state index < -0.39 is 0 Å². The van der Waals surface area contributed by atoms with E-state index in [9.17, 15) is 0 Å². The van der Waals surface area contributed by atoms with Crippen LogP contribution in [0.5, 0.6) is 0 Å². The molecule has 0 aliphatic rings. The van der Waals surface area contributed by atoms with Gasteiger partial charge in [0.15, 0.2) is 0 Å². The molecule has 2 aromatic rings. The van der Waals surface area contributed by atoms with Crippen LogP contribution in [0.15, 0.2) is 46.9 Å². The number of rotatable bonds is 2. The first-order valence-corrected chi connectivity index (χ1v) is 5.80. The van der Waals surface area contributed by atoms with Crippen LogP contribution in [-0.4, -0.2) is 0 Å². The second kappa shape index (κ2) is 4.89. The number of benzene rings is 2. The standard InChI is InChI=1S/C13H10BrN3/c14-10-5-4-9(8-15)13(6-10)17-12-3-1-2-11(16)7-12/h1-7,17H,16H2. The van der Waals surface area contributed by atoms with Crippen molar-refractivity contribution >= 4 is 33.0 Å². The average Bonchev–Trinajstić information content (AvgIpc) is 2.29. The predicted molar refractivity (Wildman–Crippen MR) is 73.0 cm³/mol. The highest BCUT2D eigenvalue weighted by atomic mass is 79.9. The topological polar surface area (TPSA) is 61.8 Å². The second-order valence-electron chi connectivity index (χ2n) is 3.55. The molecular formula is C13H10BrN3. The number of nitrogens with two attached hydrogens (primary N) is 1. The summed E-state index contributed by atoms with van der Waals surface area (Å²) in [5.74, 6) is 0. The maximum atomic E-state index is 9.01. The van der Waals surface area contributed by atoms with E-state index in [-0.39, 0.29) is 0 Å². The van der Waals surface area contributed by atoms with Gasteiger partial charge >= 0.3 is 0 Å². The quantitative estimate of drug-likeness (QED) is 0.829. The summed E-state index contributed by atoms with van der Waals surface area (Å²) in [6, 6.07) is 15.0. The third-order valence-corrected chi connectivity index (χ3v) is 2.76. The van der Waals surface area contributed by atoms with Crippen LogP contribution in [0.4, 0.5) is 17.1 Å². The minimum Gasteiger partial charge on any atom is -0.399 e. The Kier molecular flexibility index (Phi) is 3.31. The molecule has 3 N–H and O–H groups in total. The van der Waals surface area contributed by atoms with E-state index in [0.29, 0.717) is 11.3 Å². The van der Waals surface area contributed by atoms with Gasteiger partial charge in [-0.2, -0.15) is 5.26 Å². The molecule has 0 saturated carbocycles. The number of nitrogen functional groups attached to an aromatic ring is 1. The zero-order chi connectivity index (χ0) is 12.3. The van der Waals surface area contributed by atoms with Gasteiger partial charge in [-0.15, -0.1) is 0 Å². The number of hydrogen-bond donors (Lipinski definition) is 2.